The quantitative estimate of drug-likeness (QED) is 0.312. The molecule has 3 aromatic carbocycles. The van der Waals surface area contributed by atoms with Gasteiger partial charge in [-0.2, -0.15) is 0 Å². The Bertz CT molecular complexity index is 1810. The molecule has 0 fully saturated rings. The van der Waals surface area contributed by atoms with Gasteiger partial charge in [0, 0.05) is 10.6 Å². The van der Waals surface area contributed by atoms with E-state index in [1.54, 1.807) is 65.6 Å². The van der Waals surface area contributed by atoms with Gasteiger partial charge >= 0.3 is 0 Å². The number of nitrogens with zero attached hydrogens (tertiary/aromatic N) is 2. The van der Waals surface area contributed by atoms with Crippen LogP contribution in [0.4, 0.5) is 5.69 Å². The van der Waals surface area contributed by atoms with Crippen LogP contribution in [-0.2, 0) is 23.4 Å². The summed E-state index contributed by atoms with van der Waals surface area (Å²) in [5.74, 6) is -0.605. The fraction of sp³-hybridized carbons (Fsp3) is 0.100. The van der Waals surface area contributed by atoms with E-state index in [2.05, 4.69) is 0 Å². The van der Waals surface area contributed by atoms with Crippen LogP contribution in [0.15, 0.2) is 105 Å². The average Bonchev–Trinajstić information content (AvgIpc) is 3.60. The van der Waals surface area contributed by atoms with Gasteiger partial charge in [-0.15, -0.1) is 0 Å². The minimum atomic E-state index is -1.72. The van der Waals surface area contributed by atoms with Crippen LogP contribution in [0, 0.1) is 0 Å². The number of hydrogen-bond donors (Lipinski definition) is 0. The molecule has 2 aliphatic rings. The molecule has 1 spiro atoms. The summed E-state index contributed by atoms with van der Waals surface area (Å²) < 4.78 is 11.6. The fourth-order valence-electron chi connectivity index (χ4n) is 5.65. The van der Waals surface area contributed by atoms with Crippen molar-refractivity contribution >= 4 is 40.1 Å². The minimum Gasteiger partial charge on any atom is -0.467 e. The number of halogens is 1. The Morgan fingerprint density at radius 1 is 0.816 bits per heavy atom. The van der Waals surface area contributed by atoms with Gasteiger partial charge in [-0.05, 0) is 48.0 Å². The number of rotatable bonds is 4. The summed E-state index contributed by atoms with van der Waals surface area (Å²) in [6, 6.07) is 24.7. The van der Waals surface area contributed by atoms with E-state index >= 15 is 0 Å². The van der Waals surface area contributed by atoms with E-state index in [0.29, 0.717) is 27.4 Å². The maximum Gasteiger partial charge on any atom is 0.291 e. The third-order valence-electron chi connectivity index (χ3n) is 7.29. The number of amides is 2. The summed E-state index contributed by atoms with van der Waals surface area (Å²) in [4.78, 5) is 45.8. The van der Waals surface area contributed by atoms with Crippen LogP contribution in [0.1, 0.15) is 33.0 Å². The van der Waals surface area contributed by atoms with Crippen LogP contribution in [-0.4, -0.2) is 16.7 Å². The van der Waals surface area contributed by atoms with E-state index in [0.717, 1.165) is 5.56 Å². The SMILES string of the molecule is O=C1c2oc3ccccc3c(=O)c2C2(C(=O)N(Cc3ccc(Cl)cc3)c3ccccc32)N1Cc1ccco1. The first-order valence-electron chi connectivity index (χ1n) is 12.1. The van der Waals surface area contributed by atoms with Gasteiger partial charge in [0.1, 0.15) is 11.3 Å². The highest BCUT2D eigenvalue weighted by Gasteiger charge is 2.65. The highest BCUT2D eigenvalue weighted by atomic mass is 35.5. The topological polar surface area (TPSA) is 84.0 Å². The molecule has 4 heterocycles. The van der Waals surface area contributed by atoms with E-state index in [4.69, 9.17) is 20.4 Å². The highest BCUT2D eigenvalue weighted by molar-refractivity contribution is 6.30. The molecule has 7 rings (SSSR count). The lowest BCUT2D eigenvalue weighted by molar-refractivity contribution is -0.126. The molecule has 0 radical (unpaired) electrons. The maximum absolute atomic E-state index is 14.7. The molecular formula is C30H19ClN2O5. The lowest BCUT2D eigenvalue weighted by Gasteiger charge is -2.33. The van der Waals surface area contributed by atoms with E-state index in [9.17, 15) is 14.4 Å². The first-order valence-corrected chi connectivity index (χ1v) is 12.4. The van der Waals surface area contributed by atoms with Gasteiger partial charge in [0.05, 0.1) is 36.0 Å². The van der Waals surface area contributed by atoms with E-state index in [1.807, 2.05) is 24.3 Å². The molecule has 5 aromatic rings. The van der Waals surface area contributed by atoms with E-state index in [1.165, 1.54) is 11.2 Å². The van der Waals surface area contributed by atoms with Gasteiger partial charge in [0.15, 0.2) is 11.0 Å². The molecule has 1 atom stereocenters. The Hall–Kier alpha value is -4.62. The van der Waals surface area contributed by atoms with Gasteiger partial charge in [0.2, 0.25) is 5.76 Å². The van der Waals surface area contributed by atoms with Crippen LogP contribution in [0.5, 0.6) is 0 Å². The number of benzene rings is 3. The van der Waals surface area contributed by atoms with Crippen molar-refractivity contribution in [3.63, 3.8) is 0 Å². The summed E-state index contributed by atoms with van der Waals surface area (Å²) in [5.41, 5.74) is 0.203. The molecule has 8 heteroatoms. The van der Waals surface area contributed by atoms with Crippen molar-refractivity contribution in [3.05, 3.63) is 135 Å². The fourth-order valence-corrected chi connectivity index (χ4v) is 5.77. The zero-order chi connectivity index (χ0) is 26.0. The summed E-state index contributed by atoms with van der Waals surface area (Å²) in [5, 5.41) is 0.891. The largest absolute Gasteiger partial charge is 0.467 e. The summed E-state index contributed by atoms with van der Waals surface area (Å²) in [7, 11) is 0. The zero-order valence-electron chi connectivity index (χ0n) is 19.9. The minimum absolute atomic E-state index is 0.0271. The third kappa shape index (κ3) is 2.99. The van der Waals surface area contributed by atoms with Gasteiger partial charge < -0.3 is 18.6 Å². The second-order valence-electron chi connectivity index (χ2n) is 9.35. The Morgan fingerprint density at radius 2 is 1.58 bits per heavy atom. The predicted molar refractivity (Wildman–Crippen MR) is 141 cm³/mol. The van der Waals surface area contributed by atoms with Crippen molar-refractivity contribution < 1.29 is 18.4 Å². The zero-order valence-corrected chi connectivity index (χ0v) is 20.6. The number of fused-ring (bicyclic) bond motifs is 5. The Kier molecular flexibility index (Phi) is 4.87. The summed E-state index contributed by atoms with van der Waals surface area (Å²) >= 11 is 6.08. The van der Waals surface area contributed by atoms with Gasteiger partial charge in [-0.25, -0.2) is 0 Å². The molecule has 0 saturated heterocycles. The number of hydrogen-bond acceptors (Lipinski definition) is 5. The Balaban J connectivity index is 1.51. The average molecular weight is 523 g/mol. The molecule has 2 aromatic heterocycles. The van der Waals surface area contributed by atoms with Crippen molar-refractivity contribution in [1.29, 1.82) is 0 Å². The molecular weight excluding hydrogens is 504 g/mol. The molecule has 186 valence electrons. The maximum atomic E-state index is 14.7. The van der Waals surface area contributed by atoms with Crippen LogP contribution in [0.2, 0.25) is 5.02 Å². The molecule has 1 unspecified atom stereocenters. The van der Waals surface area contributed by atoms with Crippen LogP contribution < -0.4 is 10.3 Å². The lowest BCUT2D eigenvalue weighted by Crippen LogP contribution is -2.52. The van der Waals surface area contributed by atoms with E-state index in [-0.39, 0.29) is 30.0 Å². The number of carbonyl (C=O) groups is 2. The third-order valence-corrected chi connectivity index (χ3v) is 7.54. The smallest absolute Gasteiger partial charge is 0.291 e. The van der Waals surface area contributed by atoms with Gasteiger partial charge in [0.25, 0.3) is 11.8 Å². The molecule has 0 saturated carbocycles. The van der Waals surface area contributed by atoms with Crippen LogP contribution in [0.25, 0.3) is 11.0 Å². The molecule has 38 heavy (non-hydrogen) atoms. The molecule has 0 aliphatic carbocycles. The van der Waals surface area contributed by atoms with Crippen molar-refractivity contribution in [2.75, 3.05) is 4.90 Å². The van der Waals surface area contributed by atoms with Crippen molar-refractivity contribution in [2.45, 2.75) is 18.6 Å². The van der Waals surface area contributed by atoms with Crippen LogP contribution in [0.3, 0.4) is 0 Å². The molecule has 0 N–H and O–H groups in total. The highest BCUT2D eigenvalue weighted by Crippen LogP contribution is 2.53. The van der Waals surface area contributed by atoms with E-state index < -0.39 is 22.8 Å². The Morgan fingerprint density at radius 3 is 2.37 bits per heavy atom. The Labute approximate surface area is 221 Å². The molecule has 7 nitrogen and oxygen atoms in total. The monoisotopic (exact) mass is 522 g/mol. The normalized spacial score (nSPS) is 18.0. The lowest BCUT2D eigenvalue weighted by atomic mass is 9.84. The van der Waals surface area contributed by atoms with Crippen molar-refractivity contribution in [3.8, 4) is 0 Å². The number of anilines is 1. The van der Waals surface area contributed by atoms with Gasteiger partial charge in [-0.3, -0.25) is 14.4 Å². The van der Waals surface area contributed by atoms with Crippen molar-refractivity contribution in [1.82, 2.24) is 4.90 Å². The summed E-state index contributed by atoms with van der Waals surface area (Å²) in [6.07, 6.45) is 1.50. The summed E-state index contributed by atoms with van der Waals surface area (Å²) in [6.45, 7) is 0.201. The molecule has 2 aliphatic heterocycles. The molecule has 2 amide bonds. The van der Waals surface area contributed by atoms with Crippen LogP contribution >= 0.6 is 11.6 Å². The number of para-hydroxylation sites is 2. The number of furan rings is 1. The van der Waals surface area contributed by atoms with Crippen molar-refractivity contribution in [2.24, 2.45) is 0 Å². The van der Waals surface area contributed by atoms with Gasteiger partial charge in [-0.1, -0.05) is 54.1 Å². The first kappa shape index (κ1) is 22.6. The second kappa shape index (κ2) is 8.19. The first-order chi connectivity index (χ1) is 18.5. The standard InChI is InChI=1S/C30H19ClN2O5/c31-19-13-11-18(12-14-19)16-32-23-9-3-2-8-22(23)30(29(32)36)25-26(34)21-7-1-4-10-24(21)38-27(25)28(35)33(30)17-20-6-5-15-37-20/h1-15H,16-17H2. The molecule has 0 bridgehead atoms. The predicted octanol–water partition coefficient (Wildman–Crippen LogP) is 5.49. The second-order valence-corrected chi connectivity index (χ2v) is 9.78. The number of carbonyl (C=O) groups excluding carboxylic acids is 2.